The minimum absolute atomic E-state index is 0.0296. The van der Waals surface area contributed by atoms with Gasteiger partial charge in [-0.25, -0.2) is 0 Å². The summed E-state index contributed by atoms with van der Waals surface area (Å²) in [6.07, 6.45) is 1.04. The predicted molar refractivity (Wildman–Crippen MR) is 99.7 cm³/mol. The van der Waals surface area contributed by atoms with Gasteiger partial charge in [0.1, 0.15) is 11.7 Å². The van der Waals surface area contributed by atoms with Crippen LogP contribution in [0, 0.1) is 28.1 Å². The first kappa shape index (κ1) is 16.5. The van der Waals surface area contributed by atoms with Gasteiger partial charge in [-0.15, -0.1) is 0 Å². The zero-order valence-electron chi connectivity index (χ0n) is 14.9. The highest BCUT2D eigenvalue weighted by Crippen LogP contribution is 2.48. The van der Waals surface area contributed by atoms with Gasteiger partial charge in [-0.1, -0.05) is 56.3 Å². The minimum atomic E-state index is -0.787. The number of carbonyl (C=O) groups excluding carboxylic acids is 1. The average molecular weight is 344 g/mol. The molecule has 2 aromatic rings. The molecule has 26 heavy (non-hydrogen) atoms. The summed E-state index contributed by atoms with van der Waals surface area (Å²) in [5.41, 5.74) is 1.31. The molecule has 0 amide bonds. The molecule has 2 atom stereocenters. The average Bonchev–Trinajstić information content (AvgIpc) is 2.59. The van der Waals surface area contributed by atoms with E-state index in [9.17, 15) is 10.1 Å². The third-order valence-electron chi connectivity index (χ3n) is 5.34. The van der Waals surface area contributed by atoms with E-state index in [1.807, 2.05) is 56.3 Å². The van der Waals surface area contributed by atoms with Gasteiger partial charge in [-0.3, -0.25) is 10.2 Å². The number of ether oxygens (including phenoxy) is 1. The first-order valence-electron chi connectivity index (χ1n) is 8.81. The smallest absolute Gasteiger partial charge is 0.205 e. The van der Waals surface area contributed by atoms with E-state index in [4.69, 9.17) is 10.1 Å². The maximum absolute atomic E-state index is 13.0. The highest BCUT2D eigenvalue weighted by atomic mass is 16.5. The summed E-state index contributed by atoms with van der Waals surface area (Å²) in [6, 6.07) is 16.1. The lowest BCUT2D eigenvalue weighted by Gasteiger charge is -2.39. The fraction of sp³-hybridized carbons (Fsp3) is 0.318. The summed E-state index contributed by atoms with van der Waals surface area (Å²) in [6.45, 7) is 4.07. The van der Waals surface area contributed by atoms with E-state index in [0.29, 0.717) is 24.2 Å². The van der Waals surface area contributed by atoms with Crippen molar-refractivity contribution < 1.29 is 9.53 Å². The number of nitrogens with one attached hydrogen (secondary N) is 1. The molecule has 130 valence electrons. The molecule has 0 fully saturated rings. The molecule has 0 saturated heterocycles. The number of carbonyl (C=O) groups is 1. The predicted octanol–water partition coefficient (Wildman–Crippen LogP) is 4.71. The van der Waals surface area contributed by atoms with Crippen molar-refractivity contribution in [2.24, 2.45) is 11.3 Å². The Morgan fingerprint density at radius 2 is 1.88 bits per heavy atom. The van der Waals surface area contributed by atoms with Crippen molar-refractivity contribution in [3.63, 3.8) is 0 Å². The Bertz CT molecular complexity index is 1000. The number of Topliss-reactive ketones (excluding diaryl/α,β-unsaturated/α-hetero) is 1. The molecule has 2 aliphatic rings. The van der Waals surface area contributed by atoms with E-state index in [1.54, 1.807) is 0 Å². The molecule has 1 aliphatic carbocycles. The van der Waals surface area contributed by atoms with Gasteiger partial charge in [0, 0.05) is 24.3 Å². The zero-order valence-corrected chi connectivity index (χ0v) is 14.9. The molecule has 0 bridgehead atoms. The number of nitrogens with zero attached hydrogens (tertiary/aromatic N) is 1. The normalized spacial score (nSPS) is 24.8. The van der Waals surface area contributed by atoms with Crippen molar-refractivity contribution in [1.82, 2.24) is 0 Å². The molecule has 1 aliphatic heterocycles. The van der Waals surface area contributed by atoms with Crippen LogP contribution in [-0.2, 0) is 9.53 Å². The standard InChI is InChI=1S/C22H20N2O2/c1-22(2)10-17(25)20-18(11-22)26-21(24)16(12-23)19(20)15-9-5-7-13-6-3-4-8-14(13)15/h3-9,16,19,24H,10-11H2,1-2H3. The Morgan fingerprint density at radius 1 is 1.15 bits per heavy atom. The fourth-order valence-electron chi connectivity index (χ4n) is 4.22. The zero-order chi connectivity index (χ0) is 18.5. The quantitative estimate of drug-likeness (QED) is 0.814. The number of benzene rings is 2. The van der Waals surface area contributed by atoms with Gasteiger partial charge < -0.3 is 4.74 Å². The number of rotatable bonds is 1. The third-order valence-corrected chi connectivity index (χ3v) is 5.34. The van der Waals surface area contributed by atoms with E-state index in [1.165, 1.54) is 0 Å². The summed E-state index contributed by atoms with van der Waals surface area (Å²) >= 11 is 0. The highest BCUT2D eigenvalue weighted by Gasteiger charge is 2.46. The number of fused-ring (bicyclic) bond motifs is 1. The lowest BCUT2D eigenvalue weighted by Crippen LogP contribution is -2.38. The van der Waals surface area contributed by atoms with Crippen LogP contribution in [0.4, 0.5) is 0 Å². The van der Waals surface area contributed by atoms with Gasteiger partial charge in [0.05, 0.1) is 6.07 Å². The highest BCUT2D eigenvalue weighted by molar-refractivity contribution is 6.03. The first-order valence-corrected chi connectivity index (χ1v) is 8.81. The number of ketones is 1. The molecular weight excluding hydrogens is 324 g/mol. The van der Waals surface area contributed by atoms with Crippen LogP contribution in [0.25, 0.3) is 10.8 Å². The maximum Gasteiger partial charge on any atom is 0.205 e. The van der Waals surface area contributed by atoms with Crippen LogP contribution < -0.4 is 0 Å². The van der Waals surface area contributed by atoms with Gasteiger partial charge >= 0.3 is 0 Å². The molecule has 0 aromatic heterocycles. The second kappa shape index (κ2) is 5.81. The third kappa shape index (κ3) is 2.52. The molecule has 0 spiro atoms. The van der Waals surface area contributed by atoms with Crippen molar-refractivity contribution >= 4 is 22.5 Å². The van der Waals surface area contributed by atoms with Crippen LogP contribution in [-0.4, -0.2) is 11.7 Å². The Balaban J connectivity index is 1.98. The minimum Gasteiger partial charge on any atom is -0.446 e. The first-order chi connectivity index (χ1) is 12.4. The molecule has 0 radical (unpaired) electrons. The Morgan fingerprint density at radius 3 is 2.65 bits per heavy atom. The van der Waals surface area contributed by atoms with Crippen LogP contribution in [0.5, 0.6) is 0 Å². The molecule has 4 nitrogen and oxygen atoms in total. The summed E-state index contributed by atoms with van der Waals surface area (Å²) in [4.78, 5) is 13.0. The van der Waals surface area contributed by atoms with E-state index < -0.39 is 11.8 Å². The van der Waals surface area contributed by atoms with Crippen LogP contribution in [0.2, 0.25) is 0 Å². The number of allylic oxidation sites excluding steroid dienone is 2. The van der Waals surface area contributed by atoms with E-state index in [-0.39, 0.29) is 17.1 Å². The molecule has 0 saturated carbocycles. The molecule has 4 heteroatoms. The van der Waals surface area contributed by atoms with Crippen LogP contribution in [0.15, 0.2) is 53.8 Å². The molecule has 1 N–H and O–H groups in total. The Hall–Kier alpha value is -2.93. The molecule has 1 heterocycles. The van der Waals surface area contributed by atoms with Crippen LogP contribution in [0.1, 0.15) is 38.2 Å². The van der Waals surface area contributed by atoms with Crippen molar-refractivity contribution in [2.75, 3.05) is 0 Å². The van der Waals surface area contributed by atoms with Crippen molar-refractivity contribution in [2.45, 2.75) is 32.6 Å². The monoisotopic (exact) mass is 344 g/mol. The van der Waals surface area contributed by atoms with E-state index in [2.05, 4.69) is 6.07 Å². The lowest BCUT2D eigenvalue weighted by atomic mass is 9.68. The summed E-state index contributed by atoms with van der Waals surface area (Å²) in [7, 11) is 0. The summed E-state index contributed by atoms with van der Waals surface area (Å²) < 4.78 is 5.68. The molecule has 2 aromatic carbocycles. The topological polar surface area (TPSA) is 73.9 Å². The van der Waals surface area contributed by atoms with Crippen molar-refractivity contribution in [1.29, 1.82) is 10.7 Å². The Labute approximate surface area is 152 Å². The van der Waals surface area contributed by atoms with Gasteiger partial charge in [0.15, 0.2) is 5.78 Å². The molecular formula is C22H20N2O2. The summed E-state index contributed by atoms with van der Waals surface area (Å²) in [5.74, 6) is -0.701. The Kier molecular flexibility index (Phi) is 3.69. The van der Waals surface area contributed by atoms with E-state index >= 15 is 0 Å². The number of nitriles is 1. The summed E-state index contributed by atoms with van der Waals surface area (Å²) in [5, 5.41) is 20.1. The molecule has 2 unspecified atom stereocenters. The largest absolute Gasteiger partial charge is 0.446 e. The van der Waals surface area contributed by atoms with Crippen LogP contribution >= 0.6 is 0 Å². The maximum atomic E-state index is 13.0. The van der Waals surface area contributed by atoms with Crippen molar-refractivity contribution in [3.8, 4) is 6.07 Å². The van der Waals surface area contributed by atoms with Gasteiger partial charge in [-0.2, -0.15) is 5.26 Å². The second-order valence-electron chi connectivity index (χ2n) is 7.90. The number of hydrogen-bond acceptors (Lipinski definition) is 4. The van der Waals surface area contributed by atoms with Gasteiger partial charge in [0.25, 0.3) is 0 Å². The lowest BCUT2D eigenvalue weighted by molar-refractivity contribution is -0.119. The van der Waals surface area contributed by atoms with Crippen LogP contribution in [0.3, 0.4) is 0 Å². The van der Waals surface area contributed by atoms with Crippen molar-refractivity contribution in [3.05, 3.63) is 59.4 Å². The second-order valence-corrected chi connectivity index (χ2v) is 7.90. The van der Waals surface area contributed by atoms with Gasteiger partial charge in [-0.05, 0) is 21.8 Å². The fourth-order valence-corrected chi connectivity index (χ4v) is 4.22. The van der Waals surface area contributed by atoms with Gasteiger partial charge in [0.2, 0.25) is 5.90 Å². The number of hydrogen-bond donors (Lipinski definition) is 1. The molecule has 4 rings (SSSR count). The van der Waals surface area contributed by atoms with E-state index in [0.717, 1.165) is 16.3 Å². The SMILES string of the molecule is CC1(C)CC(=O)C2=C(C1)OC(=N)C(C#N)C2c1cccc2ccccc12.